The number of carbonyl (C=O) groups excluding carboxylic acids is 1. The average Bonchev–Trinajstić information content (AvgIpc) is 2.79. The average molecular weight is 386 g/mol. The van der Waals surface area contributed by atoms with E-state index in [1.807, 2.05) is 24.4 Å². The summed E-state index contributed by atoms with van der Waals surface area (Å²) in [6.07, 6.45) is 10.4. The second kappa shape index (κ2) is 9.32. The van der Waals surface area contributed by atoms with Crippen molar-refractivity contribution in [3.05, 3.63) is 90.0 Å². The normalized spacial score (nSPS) is 14.6. The molecule has 0 bridgehead atoms. The van der Waals surface area contributed by atoms with Gasteiger partial charge < -0.3 is 10.2 Å². The van der Waals surface area contributed by atoms with Crippen molar-refractivity contribution in [2.45, 2.75) is 25.8 Å². The van der Waals surface area contributed by atoms with Gasteiger partial charge in [0.2, 0.25) is 0 Å². The van der Waals surface area contributed by atoms with Crippen LogP contribution in [-0.4, -0.2) is 29.0 Å². The Bertz CT molecular complexity index is 922. The van der Waals surface area contributed by atoms with Gasteiger partial charge in [0, 0.05) is 38.2 Å². The summed E-state index contributed by atoms with van der Waals surface area (Å²) >= 11 is 0. The molecule has 1 amide bonds. The van der Waals surface area contributed by atoms with Gasteiger partial charge in [0.15, 0.2) is 0 Å². The molecule has 0 radical (unpaired) electrons. The molecule has 2 aromatic heterocycles. The van der Waals surface area contributed by atoms with E-state index in [-0.39, 0.29) is 5.91 Å². The molecule has 0 spiro atoms. The fourth-order valence-electron chi connectivity index (χ4n) is 3.85. The zero-order valence-corrected chi connectivity index (χ0v) is 16.5. The highest BCUT2D eigenvalue weighted by Gasteiger charge is 2.20. The summed E-state index contributed by atoms with van der Waals surface area (Å²) in [5.41, 5.74) is 4.07. The number of benzene rings is 1. The van der Waals surface area contributed by atoms with Crippen LogP contribution < -0.4 is 10.2 Å². The Morgan fingerprint density at radius 2 is 1.72 bits per heavy atom. The number of nitrogens with zero attached hydrogens (tertiary/aromatic N) is 3. The van der Waals surface area contributed by atoms with Crippen molar-refractivity contribution in [2.75, 3.05) is 18.0 Å². The number of aromatic nitrogens is 2. The van der Waals surface area contributed by atoms with E-state index < -0.39 is 0 Å². The van der Waals surface area contributed by atoms with Crippen LogP contribution in [0.1, 0.15) is 34.3 Å². The van der Waals surface area contributed by atoms with Crippen molar-refractivity contribution in [3.63, 3.8) is 0 Å². The van der Waals surface area contributed by atoms with Crippen LogP contribution in [-0.2, 0) is 13.0 Å². The van der Waals surface area contributed by atoms with Crippen molar-refractivity contribution in [2.24, 2.45) is 5.92 Å². The molecule has 3 heterocycles. The summed E-state index contributed by atoms with van der Waals surface area (Å²) in [6, 6.07) is 16.5. The van der Waals surface area contributed by atoms with Crippen LogP contribution in [0.3, 0.4) is 0 Å². The van der Waals surface area contributed by atoms with Gasteiger partial charge in [-0.15, -0.1) is 0 Å². The molecule has 1 aliphatic rings. The number of nitrogens with one attached hydrogen (secondary N) is 1. The second-order valence-corrected chi connectivity index (χ2v) is 7.59. The molecule has 1 aromatic carbocycles. The first-order chi connectivity index (χ1) is 14.3. The first kappa shape index (κ1) is 19.1. The number of carbonyl (C=O) groups is 1. The number of rotatable bonds is 6. The van der Waals surface area contributed by atoms with Gasteiger partial charge in [-0.1, -0.05) is 30.3 Å². The predicted octanol–water partition coefficient (Wildman–Crippen LogP) is 3.87. The molecule has 148 valence electrons. The Balaban J connectivity index is 1.32. The van der Waals surface area contributed by atoms with Gasteiger partial charge in [0.25, 0.3) is 5.91 Å². The van der Waals surface area contributed by atoms with Crippen molar-refractivity contribution in [3.8, 4) is 0 Å². The number of amides is 1. The van der Waals surface area contributed by atoms with Gasteiger partial charge in [0.1, 0.15) is 0 Å². The Morgan fingerprint density at radius 1 is 0.966 bits per heavy atom. The third kappa shape index (κ3) is 5.19. The lowest BCUT2D eigenvalue weighted by Gasteiger charge is -2.33. The Labute approximate surface area is 171 Å². The van der Waals surface area contributed by atoms with Gasteiger partial charge in [-0.25, -0.2) is 0 Å². The molecule has 0 saturated carbocycles. The van der Waals surface area contributed by atoms with Crippen LogP contribution in [0.15, 0.2) is 73.3 Å². The lowest BCUT2D eigenvalue weighted by atomic mass is 9.90. The van der Waals surface area contributed by atoms with Gasteiger partial charge in [-0.2, -0.15) is 0 Å². The second-order valence-electron chi connectivity index (χ2n) is 7.59. The van der Waals surface area contributed by atoms with Gasteiger partial charge >= 0.3 is 0 Å². The minimum absolute atomic E-state index is 0.102. The van der Waals surface area contributed by atoms with Crippen molar-refractivity contribution < 1.29 is 4.79 Å². The molecule has 0 aliphatic carbocycles. The molecule has 1 aliphatic heterocycles. The summed E-state index contributed by atoms with van der Waals surface area (Å²) in [5, 5.41) is 2.95. The molecule has 1 fully saturated rings. The monoisotopic (exact) mass is 386 g/mol. The summed E-state index contributed by atoms with van der Waals surface area (Å²) in [4.78, 5) is 23.2. The molecule has 5 nitrogen and oxygen atoms in total. The molecular weight excluding hydrogens is 360 g/mol. The largest absolute Gasteiger partial charge is 0.370 e. The SMILES string of the molecule is O=C(NCc1ccncc1)c1cncc(N2CCC(Cc3ccccc3)CC2)c1. The highest BCUT2D eigenvalue weighted by Crippen LogP contribution is 2.25. The molecular formula is C24H26N4O. The number of pyridine rings is 2. The van der Waals surface area contributed by atoms with Crippen molar-refractivity contribution >= 4 is 11.6 Å². The van der Waals surface area contributed by atoms with E-state index in [9.17, 15) is 4.79 Å². The number of hydrogen-bond donors (Lipinski definition) is 1. The van der Waals surface area contributed by atoms with Gasteiger partial charge in [-0.3, -0.25) is 14.8 Å². The Kier molecular flexibility index (Phi) is 6.15. The molecule has 1 saturated heterocycles. The van der Waals surface area contributed by atoms with E-state index in [4.69, 9.17) is 0 Å². The van der Waals surface area contributed by atoms with E-state index in [2.05, 4.69) is 50.5 Å². The highest BCUT2D eigenvalue weighted by atomic mass is 16.1. The predicted molar refractivity (Wildman–Crippen MR) is 115 cm³/mol. The van der Waals surface area contributed by atoms with Gasteiger partial charge in [-0.05, 0) is 54.5 Å². The van der Waals surface area contributed by atoms with Crippen LogP contribution >= 0.6 is 0 Å². The van der Waals surface area contributed by atoms with Crippen LogP contribution in [0.2, 0.25) is 0 Å². The van der Waals surface area contributed by atoms with E-state index in [0.717, 1.165) is 43.6 Å². The molecule has 4 rings (SSSR count). The van der Waals surface area contributed by atoms with Crippen LogP contribution in [0.5, 0.6) is 0 Å². The smallest absolute Gasteiger partial charge is 0.253 e. The first-order valence-corrected chi connectivity index (χ1v) is 10.2. The third-order valence-corrected chi connectivity index (χ3v) is 5.54. The van der Waals surface area contributed by atoms with Crippen LogP contribution in [0.25, 0.3) is 0 Å². The zero-order chi connectivity index (χ0) is 19.9. The standard InChI is InChI=1S/C24H26N4O/c29-24(27-16-21-6-10-25-11-7-21)22-15-23(18-26-17-22)28-12-8-20(9-13-28)14-19-4-2-1-3-5-19/h1-7,10-11,15,17-18,20H,8-9,12-14,16H2,(H,27,29). The number of hydrogen-bond acceptors (Lipinski definition) is 4. The maximum Gasteiger partial charge on any atom is 0.253 e. The summed E-state index contributed by atoms with van der Waals surface area (Å²) < 4.78 is 0. The fraction of sp³-hybridized carbons (Fsp3) is 0.292. The van der Waals surface area contributed by atoms with Crippen LogP contribution in [0, 0.1) is 5.92 Å². The number of piperidine rings is 1. The summed E-state index contributed by atoms with van der Waals surface area (Å²) in [5.74, 6) is 0.614. The van der Waals surface area contributed by atoms with E-state index in [0.29, 0.717) is 18.0 Å². The lowest BCUT2D eigenvalue weighted by molar-refractivity contribution is 0.0950. The fourth-order valence-corrected chi connectivity index (χ4v) is 3.85. The summed E-state index contributed by atoms with van der Waals surface area (Å²) in [7, 11) is 0. The maximum atomic E-state index is 12.5. The molecule has 1 N–H and O–H groups in total. The minimum atomic E-state index is -0.102. The van der Waals surface area contributed by atoms with E-state index in [1.54, 1.807) is 18.6 Å². The lowest BCUT2D eigenvalue weighted by Crippen LogP contribution is -2.34. The van der Waals surface area contributed by atoms with Crippen LogP contribution in [0.4, 0.5) is 5.69 Å². The van der Waals surface area contributed by atoms with Crippen molar-refractivity contribution in [1.82, 2.24) is 15.3 Å². The number of anilines is 1. The van der Waals surface area contributed by atoms with E-state index in [1.165, 1.54) is 5.56 Å². The molecule has 0 atom stereocenters. The molecule has 29 heavy (non-hydrogen) atoms. The summed E-state index contributed by atoms with van der Waals surface area (Å²) in [6.45, 7) is 2.49. The molecule has 3 aromatic rings. The van der Waals surface area contributed by atoms with Crippen molar-refractivity contribution in [1.29, 1.82) is 0 Å². The Morgan fingerprint density at radius 3 is 2.48 bits per heavy atom. The highest BCUT2D eigenvalue weighted by molar-refractivity contribution is 5.94. The topological polar surface area (TPSA) is 58.1 Å². The van der Waals surface area contributed by atoms with Gasteiger partial charge in [0.05, 0.1) is 17.4 Å². The molecule has 5 heteroatoms. The van der Waals surface area contributed by atoms with E-state index >= 15 is 0 Å². The Hall–Kier alpha value is -3.21. The molecule has 0 unspecified atom stereocenters. The first-order valence-electron chi connectivity index (χ1n) is 10.2. The minimum Gasteiger partial charge on any atom is -0.370 e. The zero-order valence-electron chi connectivity index (χ0n) is 16.5. The third-order valence-electron chi connectivity index (χ3n) is 5.54. The quantitative estimate of drug-likeness (QED) is 0.699. The maximum absolute atomic E-state index is 12.5.